The first-order valence-electron chi connectivity index (χ1n) is 7.60. The van der Waals surface area contributed by atoms with Gasteiger partial charge in [0, 0.05) is 5.56 Å². The van der Waals surface area contributed by atoms with Gasteiger partial charge in [0.25, 0.3) is 0 Å². The Kier molecular flexibility index (Phi) is 5.43. The van der Waals surface area contributed by atoms with Crippen LogP contribution in [0.5, 0.6) is 11.5 Å². The molecule has 0 bridgehead atoms. The van der Waals surface area contributed by atoms with E-state index in [0.29, 0.717) is 5.56 Å². The highest BCUT2D eigenvalue weighted by Gasteiger charge is 2.25. The molecule has 2 unspecified atom stereocenters. The first kappa shape index (κ1) is 17.8. The van der Waals surface area contributed by atoms with Crippen LogP contribution in [0.25, 0.3) is 0 Å². The summed E-state index contributed by atoms with van der Waals surface area (Å²) in [4.78, 5) is 12.5. The van der Waals surface area contributed by atoms with Crippen molar-refractivity contribution in [2.45, 2.75) is 32.1 Å². The van der Waals surface area contributed by atoms with Gasteiger partial charge in [0.15, 0.2) is 11.5 Å². The minimum Gasteiger partial charge on any atom is -0.506 e. The van der Waals surface area contributed by atoms with Crippen molar-refractivity contribution in [1.29, 1.82) is 0 Å². The molecular weight excluding hydrogens is 310 g/mol. The fourth-order valence-electron chi connectivity index (χ4n) is 2.46. The fraction of sp³-hybridized carbons (Fsp3) is 0.278. The number of carbonyl (C=O) groups excluding carboxylic acids is 1. The number of hydrogen-bond acceptors (Lipinski definition) is 6. The zero-order chi connectivity index (χ0) is 17.9. The Morgan fingerprint density at radius 2 is 1.54 bits per heavy atom. The normalized spacial score (nSPS) is 14.7. The summed E-state index contributed by atoms with van der Waals surface area (Å²) in [7, 11) is 0. The second kappa shape index (κ2) is 7.33. The van der Waals surface area contributed by atoms with Crippen molar-refractivity contribution >= 4 is 11.5 Å². The molecule has 0 fully saturated rings. The van der Waals surface area contributed by atoms with E-state index in [2.05, 4.69) is 5.32 Å². The highest BCUT2D eigenvalue weighted by Crippen LogP contribution is 2.38. The maximum Gasteiger partial charge on any atom is 0.196 e. The molecule has 2 rings (SSSR count). The van der Waals surface area contributed by atoms with Gasteiger partial charge >= 0.3 is 0 Å². The van der Waals surface area contributed by atoms with E-state index >= 15 is 0 Å². The molecule has 2 aromatic rings. The highest BCUT2D eigenvalue weighted by molar-refractivity contribution is 6.11. The van der Waals surface area contributed by atoms with E-state index in [0.717, 1.165) is 0 Å². The Bertz CT molecular complexity index is 705. The number of anilines is 1. The molecular formula is C18H21NO5. The van der Waals surface area contributed by atoms with E-state index < -0.39 is 29.8 Å². The fourth-order valence-corrected chi connectivity index (χ4v) is 2.46. The van der Waals surface area contributed by atoms with Gasteiger partial charge in [-0.15, -0.1) is 0 Å². The number of hydrogen-bond donors (Lipinski definition) is 5. The standard InChI is InChI=1S/C18H21NO5/c1-10(20)15(11(2)21)19-16-14(22)9-8-13(18(16)24)17(23)12-6-4-3-5-7-12/h3-11,15,19-22,24H,1-2H3. The van der Waals surface area contributed by atoms with Crippen molar-refractivity contribution in [3.8, 4) is 11.5 Å². The predicted octanol–water partition coefficient (Wildman–Crippen LogP) is 1.87. The van der Waals surface area contributed by atoms with Gasteiger partial charge in [-0.1, -0.05) is 30.3 Å². The number of aliphatic hydroxyl groups is 2. The van der Waals surface area contributed by atoms with Crippen LogP contribution in [-0.2, 0) is 0 Å². The van der Waals surface area contributed by atoms with Gasteiger partial charge < -0.3 is 25.7 Å². The Balaban J connectivity index is 2.42. The predicted molar refractivity (Wildman–Crippen MR) is 90.4 cm³/mol. The molecule has 0 aliphatic heterocycles. The molecule has 6 heteroatoms. The number of benzene rings is 2. The quantitative estimate of drug-likeness (QED) is 0.408. The molecule has 0 spiro atoms. The Hall–Kier alpha value is -2.57. The number of phenols is 2. The summed E-state index contributed by atoms with van der Waals surface area (Å²) in [5.74, 6) is -1.12. The first-order valence-corrected chi connectivity index (χ1v) is 7.60. The monoisotopic (exact) mass is 331 g/mol. The van der Waals surface area contributed by atoms with Crippen molar-refractivity contribution in [1.82, 2.24) is 0 Å². The largest absolute Gasteiger partial charge is 0.506 e. The molecule has 2 atom stereocenters. The first-order chi connectivity index (χ1) is 11.3. The van der Waals surface area contributed by atoms with E-state index in [9.17, 15) is 25.2 Å². The van der Waals surface area contributed by atoms with E-state index in [1.807, 2.05) is 0 Å². The van der Waals surface area contributed by atoms with Gasteiger partial charge in [0.05, 0.1) is 23.8 Å². The molecule has 0 aliphatic rings. The van der Waals surface area contributed by atoms with E-state index in [1.165, 1.54) is 26.0 Å². The van der Waals surface area contributed by atoms with Crippen LogP contribution in [0.1, 0.15) is 29.8 Å². The molecule has 0 saturated carbocycles. The average Bonchev–Trinajstić information content (AvgIpc) is 2.54. The molecule has 0 aliphatic carbocycles. The second-order valence-corrected chi connectivity index (χ2v) is 5.70. The van der Waals surface area contributed by atoms with Crippen LogP contribution in [0.15, 0.2) is 42.5 Å². The molecule has 128 valence electrons. The number of carbonyl (C=O) groups is 1. The van der Waals surface area contributed by atoms with Crippen LogP contribution < -0.4 is 5.32 Å². The molecule has 0 amide bonds. The molecule has 2 aromatic carbocycles. The Morgan fingerprint density at radius 1 is 0.958 bits per heavy atom. The zero-order valence-corrected chi connectivity index (χ0v) is 13.5. The van der Waals surface area contributed by atoms with E-state index in [4.69, 9.17) is 0 Å². The Morgan fingerprint density at radius 3 is 2.08 bits per heavy atom. The summed E-state index contributed by atoms with van der Waals surface area (Å²) < 4.78 is 0. The number of rotatable bonds is 6. The number of ketones is 1. The van der Waals surface area contributed by atoms with Crippen LogP contribution in [0.3, 0.4) is 0 Å². The van der Waals surface area contributed by atoms with Crippen LogP contribution in [0.2, 0.25) is 0 Å². The van der Waals surface area contributed by atoms with E-state index in [-0.39, 0.29) is 17.0 Å². The summed E-state index contributed by atoms with van der Waals surface area (Å²) in [5, 5.41) is 42.6. The molecule has 6 nitrogen and oxygen atoms in total. The third-order valence-corrected chi connectivity index (χ3v) is 3.79. The number of aromatic hydroxyl groups is 2. The molecule has 0 radical (unpaired) electrons. The summed E-state index contributed by atoms with van der Waals surface area (Å²) in [5.41, 5.74) is 0.298. The van der Waals surface area contributed by atoms with E-state index in [1.54, 1.807) is 30.3 Å². The molecule has 0 saturated heterocycles. The number of phenolic OH excluding ortho intramolecular Hbond substituents is 2. The number of aliphatic hydroxyl groups excluding tert-OH is 2. The third-order valence-electron chi connectivity index (χ3n) is 3.79. The van der Waals surface area contributed by atoms with Crippen molar-refractivity contribution in [2.24, 2.45) is 0 Å². The summed E-state index contributed by atoms with van der Waals surface area (Å²) in [6.07, 6.45) is -1.89. The van der Waals surface area contributed by atoms with Crippen molar-refractivity contribution in [3.05, 3.63) is 53.6 Å². The van der Waals surface area contributed by atoms with Crippen molar-refractivity contribution < 1.29 is 25.2 Å². The minimum absolute atomic E-state index is 0.0106. The molecule has 5 N–H and O–H groups in total. The second-order valence-electron chi connectivity index (χ2n) is 5.70. The molecule has 0 heterocycles. The van der Waals surface area contributed by atoms with Gasteiger partial charge in [-0.25, -0.2) is 0 Å². The van der Waals surface area contributed by atoms with Crippen molar-refractivity contribution in [2.75, 3.05) is 5.32 Å². The third kappa shape index (κ3) is 3.67. The lowest BCUT2D eigenvalue weighted by atomic mass is 10.00. The lowest BCUT2D eigenvalue weighted by molar-refractivity contribution is 0.0850. The van der Waals surface area contributed by atoms with Gasteiger partial charge in [-0.3, -0.25) is 4.79 Å². The number of nitrogens with one attached hydrogen (secondary N) is 1. The SMILES string of the molecule is CC(O)C(Nc1c(O)ccc(C(=O)c2ccccc2)c1O)C(C)O. The lowest BCUT2D eigenvalue weighted by Crippen LogP contribution is -2.40. The van der Waals surface area contributed by atoms with Crippen molar-refractivity contribution in [3.63, 3.8) is 0 Å². The minimum atomic E-state index is -0.947. The highest BCUT2D eigenvalue weighted by atomic mass is 16.3. The average molecular weight is 331 g/mol. The molecule has 24 heavy (non-hydrogen) atoms. The summed E-state index contributed by atoms with van der Waals surface area (Å²) in [6, 6.07) is 10.2. The summed E-state index contributed by atoms with van der Waals surface area (Å²) in [6.45, 7) is 2.94. The van der Waals surface area contributed by atoms with Crippen LogP contribution >= 0.6 is 0 Å². The topological polar surface area (TPSA) is 110 Å². The maximum absolute atomic E-state index is 12.5. The van der Waals surface area contributed by atoms with Crippen LogP contribution in [0, 0.1) is 0 Å². The smallest absolute Gasteiger partial charge is 0.196 e. The maximum atomic E-state index is 12.5. The zero-order valence-electron chi connectivity index (χ0n) is 13.5. The van der Waals surface area contributed by atoms with Gasteiger partial charge in [-0.05, 0) is 26.0 Å². The van der Waals surface area contributed by atoms with Crippen LogP contribution in [-0.4, -0.2) is 44.5 Å². The summed E-state index contributed by atoms with van der Waals surface area (Å²) >= 11 is 0. The molecule has 0 aromatic heterocycles. The van der Waals surface area contributed by atoms with Gasteiger partial charge in [0.1, 0.15) is 11.4 Å². The van der Waals surface area contributed by atoms with Crippen LogP contribution in [0.4, 0.5) is 5.69 Å². The Labute approximate surface area is 140 Å². The van der Waals surface area contributed by atoms with Gasteiger partial charge in [0.2, 0.25) is 0 Å². The van der Waals surface area contributed by atoms with Gasteiger partial charge in [-0.2, -0.15) is 0 Å². The lowest BCUT2D eigenvalue weighted by Gasteiger charge is -2.26.